The Hall–Kier alpha value is -6.37. The zero-order chi connectivity index (χ0) is 32.5. The molecule has 1 amide bonds. The number of nitrogens with zero attached hydrogens (tertiary/aromatic N) is 2. The van der Waals surface area contributed by atoms with Crippen LogP contribution in [-0.2, 0) is 13.2 Å². The highest BCUT2D eigenvalue weighted by Gasteiger charge is 2.25. The Kier molecular flexibility index (Phi) is 7.72. The standard InChI is InChI=1S/C33H22F2N4O7/c34-23-10-21-27(12-25(23)40)46-28-13-26(41)24(35)11-22(28)30(21)20-9-18(5-6-19(20)32(43)44)31(42)38-14-16-1-3-17(4-2-16)15-45-33-37-8-7-29(36)39-33/h1-13,40H,14-15H2,(H,38,42)(H,43,44)(H2,36,37,39). The Labute approximate surface area is 257 Å². The first-order valence-electron chi connectivity index (χ1n) is 13.6. The molecule has 0 radical (unpaired) electrons. The van der Waals surface area contributed by atoms with E-state index in [1.54, 1.807) is 24.3 Å². The van der Waals surface area contributed by atoms with Gasteiger partial charge in [-0.05, 0) is 53.1 Å². The largest absolute Gasteiger partial charge is 0.505 e. The number of fused-ring (bicyclic) bond motifs is 2. The zero-order valence-corrected chi connectivity index (χ0v) is 23.6. The van der Waals surface area contributed by atoms with Gasteiger partial charge < -0.3 is 30.4 Å². The van der Waals surface area contributed by atoms with Gasteiger partial charge in [0.15, 0.2) is 17.4 Å². The molecule has 5 N–H and O–H groups in total. The van der Waals surface area contributed by atoms with Crippen LogP contribution in [0.5, 0.6) is 11.8 Å². The fraction of sp³-hybridized carbons (Fsp3) is 0.0606. The molecule has 0 saturated heterocycles. The van der Waals surface area contributed by atoms with Gasteiger partial charge in [0.05, 0.1) is 5.56 Å². The molecule has 2 heterocycles. The summed E-state index contributed by atoms with van der Waals surface area (Å²) in [6, 6.07) is 16.2. The number of nitrogens with two attached hydrogens (primary N) is 1. The van der Waals surface area contributed by atoms with E-state index in [2.05, 4.69) is 15.3 Å². The molecular formula is C33H22F2N4O7. The lowest BCUT2D eigenvalue weighted by Crippen LogP contribution is -2.23. The van der Waals surface area contributed by atoms with Gasteiger partial charge in [0, 0.05) is 47.0 Å². The molecule has 13 heteroatoms. The molecule has 1 aliphatic carbocycles. The molecule has 0 atom stereocenters. The number of ether oxygens (including phenoxy) is 1. The van der Waals surface area contributed by atoms with Crippen LogP contribution in [0.2, 0.25) is 0 Å². The lowest BCUT2D eigenvalue weighted by Gasteiger charge is -2.18. The number of aromatic nitrogens is 2. The summed E-state index contributed by atoms with van der Waals surface area (Å²) in [6.07, 6.45) is 1.48. The second-order valence-electron chi connectivity index (χ2n) is 10.2. The van der Waals surface area contributed by atoms with Gasteiger partial charge in [-0.2, -0.15) is 4.98 Å². The molecule has 230 valence electrons. The van der Waals surface area contributed by atoms with Gasteiger partial charge in [0.2, 0.25) is 5.43 Å². The SMILES string of the molecule is Nc1ccnc(OCc2ccc(CNC(=O)c3ccc(C(=O)O)c(-c4c5cc(F)c(=O)cc-5oc5cc(O)c(F)cc45)c3)cc2)n1. The first kappa shape index (κ1) is 29.7. The van der Waals surface area contributed by atoms with Crippen LogP contribution in [-0.4, -0.2) is 32.1 Å². The molecule has 1 aromatic heterocycles. The number of nitrogen functional groups attached to an aromatic ring is 1. The summed E-state index contributed by atoms with van der Waals surface area (Å²) >= 11 is 0. The third-order valence-electron chi connectivity index (χ3n) is 7.12. The van der Waals surface area contributed by atoms with Crippen LogP contribution in [0.25, 0.3) is 33.4 Å². The van der Waals surface area contributed by atoms with Gasteiger partial charge in [-0.1, -0.05) is 24.3 Å². The highest BCUT2D eigenvalue weighted by atomic mass is 19.1. The number of aromatic carboxylic acids is 1. The molecule has 11 nitrogen and oxygen atoms in total. The molecule has 0 bridgehead atoms. The number of phenolic OH excluding ortho intramolecular Hbond substituents is 1. The van der Waals surface area contributed by atoms with Crippen molar-refractivity contribution in [3.8, 4) is 34.2 Å². The van der Waals surface area contributed by atoms with E-state index in [1.807, 2.05) is 0 Å². The third-order valence-corrected chi connectivity index (χ3v) is 7.12. The molecule has 46 heavy (non-hydrogen) atoms. The maximum absolute atomic E-state index is 14.6. The van der Waals surface area contributed by atoms with Crippen molar-refractivity contribution < 1.29 is 37.7 Å². The fourth-order valence-corrected chi connectivity index (χ4v) is 4.88. The van der Waals surface area contributed by atoms with E-state index >= 15 is 0 Å². The lowest BCUT2D eigenvalue weighted by atomic mass is 9.89. The van der Waals surface area contributed by atoms with E-state index in [0.717, 1.165) is 35.4 Å². The molecule has 6 rings (SSSR count). The summed E-state index contributed by atoms with van der Waals surface area (Å²) in [5, 5.41) is 22.7. The van der Waals surface area contributed by atoms with Gasteiger partial charge in [-0.15, -0.1) is 0 Å². The number of halogens is 2. The molecule has 0 unspecified atom stereocenters. The van der Waals surface area contributed by atoms with Crippen LogP contribution in [0.4, 0.5) is 14.6 Å². The second-order valence-corrected chi connectivity index (χ2v) is 10.2. The fourth-order valence-electron chi connectivity index (χ4n) is 4.88. The van der Waals surface area contributed by atoms with Crippen LogP contribution in [0.1, 0.15) is 31.8 Å². The van der Waals surface area contributed by atoms with E-state index < -0.39 is 34.7 Å². The number of phenols is 1. The lowest BCUT2D eigenvalue weighted by molar-refractivity contribution is 0.0697. The van der Waals surface area contributed by atoms with Crippen molar-refractivity contribution in [2.24, 2.45) is 0 Å². The number of carboxylic acid groups (broad SMARTS) is 1. The smallest absolute Gasteiger partial charge is 0.336 e. The van der Waals surface area contributed by atoms with Gasteiger partial charge in [0.1, 0.15) is 23.8 Å². The molecule has 0 spiro atoms. The number of hydrogen-bond acceptors (Lipinski definition) is 9. The molecule has 4 aromatic rings. The highest BCUT2D eigenvalue weighted by molar-refractivity contribution is 6.09. The number of benzene rings is 4. The van der Waals surface area contributed by atoms with Crippen LogP contribution in [0.3, 0.4) is 0 Å². The van der Waals surface area contributed by atoms with Crippen LogP contribution in [0.15, 0.2) is 88.2 Å². The summed E-state index contributed by atoms with van der Waals surface area (Å²) < 4.78 is 40.3. The van der Waals surface area contributed by atoms with Crippen molar-refractivity contribution in [2.75, 3.05) is 5.73 Å². The summed E-state index contributed by atoms with van der Waals surface area (Å²) in [7, 11) is 0. The Morgan fingerprint density at radius 2 is 1.70 bits per heavy atom. The van der Waals surface area contributed by atoms with E-state index in [9.17, 15) is 33.4 Å². The summed E-state index contributed by atoms with van der Waals surface area (Å²) in [5.41, 5.74) is 5.75. The highest BCUT2D eigenvalue weighted by Crippen LogP contribution is 2.43. The molecular weight excluding hydrogens is 602 g/mol. The monoisotopic (exact) mass is 624 g/mol. The maximum Gasteiger partial charge on any atom is 0.336 e. The summed E-state index contributed by atoms with van der Waals surface area (Å²) in [4.78, 5) is 45.5. The number of anilines is 1. The van der Waals surface area contributed by atoms with Gasteiger partial charge in [-0.25, -0.2) is 18.6 Å². The predicted molar refractivity (Wildman–Crippen MR) is 161 cm³/mol. The van der Waals surface area contributed by atoms with Crippen molar-refractivity contribution >= 4 is 28.7 Å². The molecule has 1 aliphatic heterocycles. The number of amides is 1. The quantitative estimate of drug-likeness (QED) is 0.166. The number of carbonyl (C=O) groups is 2. The second kappa shape index (κ2) is 12.0. The average Bonchev–Trinajstić information content (AvgIpc) is 3.03. The van der Waals surface area contributed by atoms with Gasteiger partial charge >= 0.3 is 12.0 Å². The first-order valence-corrected chi connectivity index (χ1v) is 13.6. The van der Waals surface area contributed by atoms with E-state index in [1.165, 1.54) is 30.5 Å². The van der Waals surface area contributed by atoms with Crippen molar-refractivity contribution in [3.63, 3.8) is 0 Å². The number of rotatable bonds is 8. The van der Waals surface area contributed by atoms with Crippen molar-refractivity contribution in [2.45, 2.75) is 13.2 Å². The number of hydrogen-bond donors (Lipinski definition) is 4. The van der Waals surface area contributed by atoms with Crippen molar-refractivity contribution in [3.05, 3.63) is 123 Å². The van der Waals surface area contributed by atoms with Crippen molar-refractivity contribution in [1.29, 1.82) is 0 Å². The topological polar surface area (TPSA) is 178 Å². The minimum atomic E-state index is -1.38. The number of aromatic hydroxyl groups is 1. The number of nitrogens with one attached hydrogen (secondary N) is 1. The predicted octanol–water partition coefficient (Wildman–Crippen LogP) is 5.13. The molecule has 0 fully saturated rings. The van der Waals surface area contributed by atoms with Crippen LogP contribution < -0.4 is 21.2 Å². The Balaban J connectivity index is 1.31. The normalized spacial score (nSPS) is 11.1. The third kappa shape index (κ3) is 5.88. The summed E-state index contributed by atoms with van der Waals surface area (Å²) in [6.45, 7) is 0.306. The van der Waals surface area contributed by atoms with Gasteiger partial charge in [0.25, 0.3) is 5.91 Å². The average molecular weight is 625 g/mol. The Morgan fingerprint density at radius 1 is 0.935 bits per heavy atom. The van der Waals surface area contributed by atoms with Crippen LogP contribution in [0, 0.1) is 11.6 Å². The van der Waals surface area contributed by atoms with Crippen molar-refractivity contribution in [1.82, 2.24) is 15.3 Å². The molecule has 2 aliphatic rings. The van der Waals surface area contributed by atoms with E-state index in [4.69, 9.17) is 14.9 Å². The van der Waals surface area contributed by atoms with Crippen LogP contribution >= 0.6 is 0 Å². The summed E-state index contributed by atoms with van der Waals surface area (Å²) in [5.74, 6) is -4.75. The number of carboxylic acids is 1. The van der Waals surface area contributed by atoms with E-state index in [-0.39, 0.29) is 69.5 Å². The Bertz CT molecular complexity index is 2190. The maximum atomic E-state index is 14.6. The minimum absolute atomic E-state index is 0.0116. The first-order chi connectivity index (χ1) is 22.1. The number of carbonyl (C=O) groups excluding carboxylic acids is 1. The van der Waals surface area contributed by atoms with Gasteiger partial charge in [-0.3, -0.25) is 9.59 Å². The van der Waals surface area contributed by atoms with E-state index in [0.29, 0.717) is 0 Å². The molecule has 3 aromatic carbocycles. The molecule has 0 saturated carbocycles. The zero-order valence-electron chi connectivity index (χ0n) is 23.6. The Morgan fingerprint density at radius 3 is 2.43 bits per heavy atom. The minimum Gasteiger partial charge on any atom is -0.505 e.